The van der Waals surface area contributed by atoms with Crippen molar-refractivity contribution in [3.8, 4) is 0 Å². The number of nitrogens with zero attached hydrogens (tertiary/aromatic N) is 1. The molecule has 3 rings (SSSR count). The van der Waals surface area contributed by atoms with E-state index in [9.17, 15) is 9.59 Å². The number of anilines is 2. The standard InChI is InChI=1S/C15H20N4O2/c1-9(20)17-10-5-6-19(8-10)11-3-4-12-13(7-11)18-15(21)14(12)16-2/h3-4,7,10,14,16H,5-6,8H2,1-2H3,(H,17,20)(H,18,21). The minimum atomic E-state index is -0.264. The van der Waals surface area contributed by atoms with E-state index in [-0.39, 0.29) is 23.9 Å². The number of likely N-dealkylation sites (N-methyl/N-ethyl adjacent to an activating group) is 1. The fourth-order valence-electron chi connectivity index (χ4n) is 3.13. The van der Waals surface area contributed by atoms with Crippen LogP contribution in [0.5, 0.6) is 0 Å². The monoisotopic (exact) mass is 288 g/mol. The van der Waals surface area contributed by atoms with Gasteiger partial charge in [0, 0.05) is 43.0 Å². The maximum atomic E-state index is 11.8. The van der Waals surface area contributed by atoms with E-state index in [4.69, 9.17) is 0 Å². The molecule has 0 aliphatic carbocycles. The summed E-state index contributed by atoms with van der Waals surface area (Å²) in [6.07, 6.45) is 0.947. The molecule has 112 valence electrons. The number of rotatable bonds is 3. The number of hydrogen-bond acceptors (Lipinski definition) is 4. The summed E-state index contributed by atoms with van der Waals surface area (Å²) < 4.78 is 0. The van der Waals surface area contributed by atoms with Gasteiger partial charge in [-0.15, -0.1) is 0 Å². The highest BCUT2D eigenvalue weighted by Crippen LogP contribution is 2.34. The number of benzene rings is 1. The van der Waals surface area contributed by atoms with Gasteiger partial charge in [0.2, 0.25) is 11.8 Å². The Hall–Kier alpha value is -2.08. The highest BCUT2D eigenvalue weighted by Gasteiger charge is 2.30. The SMILES string of the molecule is CNC1C(=O)Nc2cc(N3CCC(NC(C)=O)C3)ccc21. The molecule has 3 N–H and O–H groups in total. The predicted octanol–water partition coefficient (Wildman–Crippen LogP) is 0.614. The summed E-state index contributed by atoms with van der Waals surface area (Å²) >= 11 is 0. The maximum Gasteiger partial charge on any atom is 0.246 e. The van der Waals surface area contributed by atoms with E-state index in [0.717, 1.165) is 36.4 Å². The lowest BCUT2D eigenvalue weighted by atomic mass is 10.1. The van der Waals surface area contributed by atoms with Crippen molar-refractivity contribution >= 4 is 23.2 Å². The molecule has 2 aliphatic heterocycles. The molecule has 1 aromatic rings. The van der Waals surface area contributed by atoms with Gasteiger partial charge in [0.15, 0.2) is 0 Å². The van der Waals surface area contributed by atoms with E-state index < -0.39 is 0 Å². The van der Waals surface area contributed by atoms with Gasteiger partial charge in [-0.1, -0.05) is 6.07 Å². The number of carbonyl (C=O) groups excluding carboxylic acids is 2. The molecule has 6 heteroatoms. The lowest BCUT2D eigenvalue weighted by Crippen LogP contribution is -2.35. The van der Waals surface area contributed by atoms with Crippen LogP contribution in [0.1, 0.15) is 24.9 Å². The van der Waals surface area contributed by atoms with E-state index in [0.29, 0.717) is 0 Å². The Morgan fingerprint density at radius 1 is 1.43 bits per heavy atom. The lowest BCUT2D eigenvalue weighted by molar-refractivity contribution is -0.119. The number of fused-ring (bicyclic) bond motifs is 1. The molecule has 6 nitrogen and oxygen atoms in total. The molecule has 0 aromatic heterocycles. The van der Waals surface area contributed by atoms with Gasteiger partial charge >= 0.3 is 0 Å². The van der Waals surface area contributed by atoms with E-state index >= 15 is 0 Å². The first-order valence-corrected chi connectivity index (χ1v) is 7.22. The maximum absolute atomic E-state index is 11.8. The molecule has 0 bridgehead atoms. The lowest BCUT2D eigenvalue weighted by Gasteiger charge is -2.20. The molecule has 0 spiro atoms. The quantitative estimate of drug-likeness (QED) is 0.762. The van der Waals surface area contributed by atoms with Crippen LogP contribution >= 0.6 is 0 Å². The van der Waals surface area contributed by atoms with Gasteiger partial charge < -0.3 is 20.9 Å². The third-order valence-electron chi connectivity index (χ3n) is 4.12. The minimum absolute atomic E-state index is 0.0119. The number of amides is 2. The van der Waals surface area contributed by atoms with Gasteiger partial charge in [0.25, 0.3) is 0 Å². The Kier molecular flexibility index (Phi) is 3.55. The zero-order valence-electron chi connectivity index (χ0n) is 12.3. The number of carbonyl (C=O) groups is 2. The first-order valence-electron chi connectivity index (χ1n) is 7.22. The molecule has 2 heterocycles. The molecule has 1 saturated heterocycles. The van der Waals surface area contributed by atoms with Crippen molar-refractivity contribution in [1.82, 2.24) is 10.6 Å². The molecule has 0 saturated carbocycles. The van der Waals surface area contributed by atoms with Crippen LogP contribution in [-0.4, -0.2) is 38.0 Å². The second kappa shape index (κ2) is 5.37. The van der Waals surface area contributed by atoms with Gasteiger partial charge in [-0.25, -0.2) is 0 Å². The van der Waals surface area contributed by atoms with Crippen LogP contribution in [0, 0.1) is 0 Å². The molecule has 21 heavy (non-hydrogen) atoms. The zero-order chi connectivity index (χ0) is 15.0. The fraction of sp³-hybridized carbons (Fsp3) is 0.467. The summed E-state index contributed by atoms with van der Waals surface area (Å²) in [7, 11) is 1.78. The highest BCUT2D eigenvalue weighted by molar-refractivity contribution is 6.03. The predicted molar refractivity (Wildman–Crippen MR) is 81.3 cm³/mol. The average Bonchev–Trinajstić information content (AvgIpc) is 3.00. The van der Waals surface area contributed by atoms with E-state index in [1.165, 1.54) is 0 Å². The first-order chi connectivity index (χ1) is 10.1. The van der Waals surface area contributed by atoms with Crippen LogP contribution < -0.4 is 20.9 Å². The van der Waals surface area contributed by atoms with Crippen molar-refractivity contribution in [2.45, 2.75) is 25.4 Å². The van der Waals surface area contributed by atoms with Crippen LogP contribution in [-0.2, 0) is 9.59 Å². The summed E-state index contributed by atoms with van der Waals surface area (Å²) in [4.78, 5) is 25.2. The Labute approximate surface area is 123 Å². The smallest absolute Gasteiger partial charge is 0.246 e. The molecule has 1 aromatic carbocycles. The number of hydrogen-bond donors (Lipinski definition) is 3. The van der Waals surface area contributed by atoms with Crippen LogP contribution in [0.15, 0.2) is 18.2 Å². The number of nitrogens with one attached hydrogen (secondary N) is 3. The highest BCUT2D eigenvalue weighted by atomic mass is 16.2. The van der Waals surface area contributed by atoms with Crippen molar-refractivity contribution < 1.29 is 9.59 Å². The fourth-order valence-corrected chi connectivity index (χ4v) is 3.13. The Morgan fingerprint density at radius 3 is 2.95 bits per heavy atom. The van der Waals surface area contributed by atoms with Gasteiger partial charge in [0.1, 0.15) is 6.04 Å². The normalized spacial score (nSPS) is 23.9. The second-order valence-corrected chi connectivity index (χ2v) is 5.61. The van der Waals surface area contributed by atoms with Gasteiger partial charge in [-0.3, -0.25) is 9.59 Å². The molecule has 2 amide bonds. The van der Waals surface area contributed by atoms with Crippen molar-refractivity contribution in [2.75, 3.05) is 30.4 Å². The summed E-state index contributed by atoms with van der Waals surface area (Å²) in [6, 6.07) is 5.99. The summed E-state index contributed by atoms with van der Waals surface area (Å²) in [5.41, 5.74) is 2.95. The molecule has 2 unspecified atom stereocenters. The van der Waals surface area contributed by atoms with Gasteiger partial charge in [-0.2, -0.15) is 0 Å². The van der Waals surface area contributed by atoms with Crippen molar-refractivity contribution in [3.63, 3.8) is 0 Å². The van der Waals surface area contributed by atoms with Crippen molar-refractivity contribution in [1.29, 1.82) is 0 Å². The molecule has 2 aliphatic rings. The van der Waals surface area contributed by atoms with E-state index in [1.807, 2.05) is 18.2 Å². The summed E-state index contributed by atoms with van der Waals surface area (Å²) in [5, 5.41) is 8.88. The van der Waals surface area contributed by atoms with E-state index in [1.54, 1.807) is 14.0 Å². The third kappa shape index (κ3) is 2.58. The van der Waals surface area contributed by atoms with Crippen LogP contribution in [0.4, 0.5) is 11.4 Å². The largest absolute Gasteiger partial charge is 0.369 e. The van der Waals surface area contributed by atoms with Gasteiger partial charge in [-0.05, 0) is 25.6 Å². The average molecular weight is 288 g/mol. The Morgan fingerprint density at radius 2 is 2.24 bits per heavy atom. The molecular formula is C15H20N4O2. The Bertz CT molecular complexity index is 587. The van der Waals surface area contributed by atoms with Crippen LogP contribution in [0.2, 0.25) is 0 Å². The summed E-state index contributed by atoms with van der Waals surface area (Å²) in [5.74, 6) is 0.00197. The summed E-state index contributed by atoms with van der Waals surface area (Å²) in [6.45, 7) is 3.26. The topological polar surface area (TPSA) is 73.5 Å². The van der Waals surface area contributed by atoms with Crippen molar-refractivity contribution in [3.05, 3.63) is 23.8 Å². The third-order valence-corrected chi connectivity index (χ3v) is 4.12. The molecule has 0 radical (unpaired) electrons. The van der Waals surface area contributed by atoms with E-state index in [2.05, 4.69) is 20.9 Å². The first kappa shape index (κ1) is 13.9. The van der Waals surface area contributed by atoms with Crippen molar-refractivity contribution in [2.24, 2.45) is 0 Å². The molecule has 1 fully saturated rings. The molecule has 2 atom stereocenters. The molecular weight excluding hydrogens is 268 g/mol. The second-order valence-electron chi connectivity index (χ2n) is 5.61. The van der Waals surface area contributed by atoms with Crippen LogP contribution in [0.3, 0.4) is 0 Å². The zero-order valence-corrected chi connectivity index (χ0v) is 12.3. The van der Waals surface area contributed by atoms with Crippen LogP contribution in [0.25, 0.3) is 0 Å². The minimum Gasteiger partial charge on any atom is -0.369 e. The Balaban J connectivity index is 1.76. The van der Waals surface area contributed by atoms with Gasteiger partial charge in [0.05, 0.1) is 0 Å².